The van der Waals surface area contributed by atoms with E-state index in [1.807, 2.05) is 18.2 Å². The highest BCUT2D eigenvalue weighted by Gasteiger charge is 2.15. The van der Waals surface area contributed by atoms with Crippen molar-refractivity contribution in [1.82, 2.24) is 19.6 Å². The fourth-order valence-electron chi connectivity index (χ4n) is 2.84. The SMILES string of the molecule is O/N=C(/COc1cncc2nnc(-c3ccc(OC(F)F)cc3)n12)c1ccccc1. The van der Waals surface area contributed by atoms with Crippen molar-refractivity contribution < 1.29 is 23.5 Å². The predicted molar refractivity (Wildman–Crippen MR) is 103 cm³/mol. The van der Waals surface area contributed by atoms with Crippen LogP contribution in [-0.2, 0) is 0 Å². The largest absolute Gasteiger partial charge is 0.471 e. The van der Waals surface area contributed by atoms with Crippen LogP contribution in [0.5, 0.6) is 11.6 Å². The molecule has 2 heterocycles. The highest BCUT2D eigenvalue weighted by molar-refractivity contribution is 6.01. The third-order valence-electron chi connectivity index (χ3n) is 4.21. The molecule has 0 unspecified atom stereocenters. The number of ether oxygens (including phenoxy) is 2. The van der Waals surface area contributed by atoms with E-state index in [9.17, 15) is 14.0 Å². The maximum atomic E-state index is 12.4. The molecular formula is C20H15F2N5O3. The van der Waals surface area contributed by atoms with Gasteiger partial charge in [-0.3, -0.25) is 4.98 Å². The molecule has 2 aromatic carbocycles. The standard InChI is InChI=1S/C20H15F2N5O3/c21-20(22)30-15-8-6-14(7-9-15)19-25-24-17-10-23-11-18(27(17)19)29-12-16(26-28)13-4-2-1-3-5-13/h1-11,20,28H,12H2/b26-16-. The zero-order valence-corrected chi connectivity index (χ0v) is 15.4. The van der Waals surface area contributed by atoms with E-state index in [-0.39, 0.29) is 12.4 Å². The summed E-state index contributed by atoms with van der Waals surface area (Å²) >= 11 is 0. The average Bonchev–Trinajstić information content (AvgIpc) is 3.20. The molecule has 0 saturated carbocycles. The monoisotopic (exact) mass is 411 g/mol. The van der Waals surface area contributed by atoms with Crippen LogP contribution in [0, 0.1) is 0 Å². The Hall–Kier alpha value is -4.08. The molecule has 30 heavy (non-hydrogen) atoms. The zero-order chi connectivity index (χ0) is 20.9. The Balaban J connectivity index is 1.63. The lowest BCUT2D eigenvalue weighted by molar-refractivity contribution is -0.0498. The van der Waals surface area contributed by atoms with Crippen LogP contribution in [0.1, 0.15) is 5.56 Å². The van der Waals surface area contributed by atoms with Gasteiger partial charge in [0.1, 0.15) is 18.1 Å². The van der Waals surface area contributed by atoms with Gasteiger partial charge in [-0.2, -0.15) is 8.78 Å². The lowest BCUT2D eigenvalue weighted by Crippen LogP contribution is -2.14. The van der Waals surface area contributed by atoms with Crippen molar-refractivity contribution in [3.63, 3.8) is 0 Å². The molecule has 152 valence electrons. The zero-order valence-electron chi connectivity index (χ0n) is 15.4. The van der Waals surface area contributed by atoms with Crippen molar-refractivity contribution in [3.05, 3.63) is 72.6 Å². The highest BCUT2D eigenvalue weighted by atomic mass is 19.3. The second kappa shape index (κ2) is 8.52. The van der Waals surface area contributed by atoms with E-state index in [0.717, 1.165) is 0 Å². The quantitative estimate of drug-likeness (QED) is 0.283. The molecule has 0 aliphatic rings. The van der Waals surface area contributed by atoms with Gasteiger partial charge in [0.25, 0.3) is 0 Å². The van der Waals surface area contributed by atoms with Gasteiger partial charge in [-0.1, -0.05) is 35.5 Å². The summed E-state index contributed by atoms with van der Waals surface area (Å²) < 4.78 is 36.5. The molecule has 4 rings (SSSR count). The summed E-state index contributed by atoms with van der Waals surface area (Å²) in [6.45, 7) is -2.93. The summed E-state index contributed by atoms with van der Waals surface area (Å²) in [6, 6.07) is 15.1. The summed E-state index contributed by atoms with van der Waals surface area (Å²) in [5.41, 5.74) is 2.08. The van der Waals surface area contributed by atoms with E-state index in [0.29, 0.717) is 34.2 Å². The summed E-state index contributed by atoms with van der Waals surface area (Å²) in [7, 11) is 0. The highest BCUT2D eigenvalue weighted by Crippen LogP contribution is 2.25. The minimum atomic E-state index is -2.90. The molecule has 0 atom stereocenters. The van der Waals surface area contributed by atoms with Crippen LogP contribution >= 0.6 is 0 Å². The molecule has 0 aliphatic carbocycles. The number of benzene rings is 2. The molecule has 0 bridgehead atoms. The smallest absolute Gasteiger partial charge is 0.387 e. The molecule has 0 aliphatic heterocycles. The predicted octanol–water partition coefficient (Wildman–Crippen LogP) is 3.65. The van der Waals surface area contributed by atoms with Gasteiger partial charge in [0.05, 0.1) is 12.4 Å². The lowest BCUT2D eigenvalue weighted by atomic mass is 10.1. The van der Waals surface area contributed by atoms with Crippen LogP contribution in [0.3, 0.4) is 0 Å². The van der Waals surface area contributed by atoms with E-state index in [4.69, 9.17) is 4.74 Å². The molecular weight excluding hydrogens is 396 g/mol. The van der Waals surface area contributed by atoms with Crippen LogP contribution in [-0.4, -0.2) is 43.7 Å². The Morgan fingerprint density at radius 2 is 1.80 bits per heavy atom. The van der Waals surface area contributed by atoms with Crippen LogP contribution < -0.4 is 9.47 Å². The van der Waals surface area contributed by atoms with Crippen molar-refractivity contribution in [2.45, 2.75) is 6.61 Å². The molecule has 0 spiro atoms. The van der Waals surface area contributed by atoms with E-state index in [1.54, 1.807) is 28.7 Å². The van der Waals surface area contributed by atoms with Gasteiger partial charge in [-0.25, -0.2) is 4.40 Å². The number of hydrogen-bond donors (Lipinski definition) is 1. The second-order valence-corrected chi connectivity index (χ2v) is 6.07. The van der Waals surface area contributed by atoms with Gasteiger partial charge in [-0.15, -0.1) is 10.2 Å². The van der Waals surface area contributed by atoms with Gasteiger partial charge in [-0.05, 0) is 24.3 Å². The number of nitrogens with zero attached hydrogens (tertiary/aromatic N) is 5. The molecule has 10 heteroatoms. The number of aromatic nitrogens is 4. The van der Waals surface area contributed by atoms with Crippen molar-refractivity contribution in [2.75, 3.05) is 6.61 Å². The minimum absolute atomic E-state index is 0.0277. The first-order valence-corrected chi connectivity index (χ1v) is 8.79. The Labute approximate surface area is 169 Å². The van der Waals surface area contributed by atoms with Gasteiger partial charge in [0.15, 0.2) is 11.5 Å². The molecule has 0 fully saturated rings. The third kappa shape index (κ3) is 4.02. The van der Waals surface area contributed by atoms with Crippen LogP contribution in [0.25, 0.3) is 17.0 Å². The number of oxime groups is 1. The summed E-state index contributed by atoms with van der Waals surface area (Å²) in [5, 5.41) is 20.9. The number of alkyl halides is 2. The van der Waals surface area contributed by atoms with E-state index < -0.39 is 6.61 Å². The second-order valence-electron chi connectivity index (χ2n) is 6.07. The van der Waals surface area contributed by atoms with Crippen LogP contribution in [0.15, 0.2) is 72.1 Å². The van der Waals surface area contributed by atoms with E-state index in [1.165, 1.54) is 24.5 Å². The summed E-state index contributed by atoms with van der Waals surface area (Å²) in [4.78, 5) is 4.09. The Morgan fingerprint density at radius 3 is 2.50 bits per heavy atom. The minimum Gasteiger partial charge on any atom is -0.471 e. The van der Waals surface area contributed by atoms with Gasteiger partial charge < -0.3 is 14.7 Å². The van der Waals surface area contributed by atoms with Gasteiger partial charge in [0, 0.05) is 11.1 Å². The fourth-order valence-corrected chi connectivity index (χ4v) is 2.84. The molecule has 2 aromatic heterocycles. The number of fused-ring (bicyclic) bond motifs is 1. The van der Waals surface area contributed by atoms with E-state index >= 15 is 0 Å². The first-order valence-electron chi connectivity index (χ1n) is 8.79. The third-order valence-corrected chi connectivity index (χ3v) is 4.21. The Bertz CT molecular complexity index is 1160. The Kier molecular flexibility index (Phi) is 5.46. The van der Waals surface area contributed by atoms with Crippen molar-refractivity contribution in [3.8, 4) is 23.0 Å². The van der Waals surface area contributed by atoms with Crippen molar-refractivity contribution >= 4 is 11.4 Å². The van der Waals surface area contributed by atoms with Crippen LogP contribution in [0.4, 0.5) is 8.78 Å². The molecule has 4 aromatic rings. The summed E-state index contributed by atoms with van der Waals surface area (Å²) in [5.74, 6) is 0.776. The first kappa shape index (κ1) is 19.2. The number of rotatable bonds is 7. The van der Waals surface area contributed by atoms with Crippen molar-refractivity contribution in [1.29, 1.82) is 0 Å². The topological polar surface area (TPSA) is 94.1 Å². The average molecular weight is 411 g/mol. The maximum absolute atomic E-state index is 12.4. The van der Waals surface area contributed by atoms with Gasteiger partial charge in [0.2, 0.25) is 5.88 Å². The normalized spacial score (nSPS) is 11.8. The lowest BCUT2D eigenvalue weighted by Gasteiger charge is -2.11. The van der Waals surface area contributed by atoms with Gasteiger partial charge >= 0.3 is 6.61 Å². The van der Waals surface area contributed by atoms with Crippen molar-refractivity contribution in [2.24, 2.45) is 5.16 Å². The fraction of sp³-hybridized carbons (Fsp3) is 0.100. The number of halogens is 2. The molecule has 0 amide bonds. The van der Waals surface area contributed by atoms with Crippen LogP contribution in [0.2, 0.25) is 0 Å². The molecule has 0 radical (unpaired) electrons. The first-order chi connectivity index (χ1) is 14.7. The maximum Gasteiger partial charge on any atom is 0.387 e. The molecule has 0 saturated heterocycles. The summed E-state index contributed by atoms with van der Waals surface area (Å²) in [6.07, 6.45) is 2.99. The van der Waals surface area contributed by atoms with E-state index in [2.05, 4.69) is 25.1 Å². The number of hydrogen-bond acceptors (Lipinski definition) is 7. The molecule has 1 N–H and O–H groups in total. The Morgan fingerprint density at radius 1 is 1.03 bits per heavy atom. The molecule has 8 nitrogen and oxygen atoms in total.